The number of thiophene rings is 1. The van der Waals surface area contributed by atoms with Crippen molar-refractivity contribution in [2.45, 2.75) is 0 Å². The molecule has 1 aromatic heterocycles. The Hall–Kier alpha value is -2.34. The molecule has 104 valence electrons. The molecule has 6 heteroatoms. The highest BCUT2D eigenvalue weighted by atomic mass is 32.1. The molecule has 2 aromatic rings. The molecular weight excluding hydrogens is 276 g/mol. The SMILES string of the molecule is COc1ccc(/C=N/NC(=O)c2cccs2)cc1OC. The van der Waals surface area contributed by atoms with Gasteiger partial charge in [-0.25, -0.2) is 5.43 Å². The van der Waals surface area contributed by atoms with E-state index in [4.69, 9.17) is 9.47 Å². The molecule has 0 radical (unpaired) electrons. The standard InChI is InChI=1S/C14H14N2O3S/c1-18-11-6-5-10(8-12(11)19-2)9-15-16-14(17)13-4-3-7-20-13/h3-9H,1-2H3,(H,16,17)/b15-9+. The summed E-state index contributed by atoms with van der Waals surface area (Å²) in [6.07, 6.45) is 1.55. The molecule has 0 atom stereocenters. The number of ether oxygens (including phenoxy) is 2. The summed E-state index contributed by atoms with van der Waals surface area (Å²) in [7, 11) is 3.14. The van der Waals surface area contributed by atoms with Crippen LogP contribution in [0.2, 0.25) is 0 Å². The fraction of sp³-hybridized carbons (Fsp3) is 0.143. The first-order chi connectivity index (χ1) is 9.74. The predicted molar refractivity (Wildman–Crippen MR) is 78.9 cm³/mol. The number of nitrogens with zero attached hydrogens (tertiary/aromatic N) is 1. The number of hydrogen-bond acceptors (Lipinski definition) is 5. The van der Waals surface area contributed by atoms with Crippen molar-refractivity contribution < 1.29 is 14.3 Å². The summed E-state index contributed by atoms with van der Waals surface area (Å²) in [6.45, 7) is 0. The summed E-state index contributed by atoms with van der Waals surface area (Å²) < 4.78 is 10.3. The quantitative estimate of drug-likeness (QED) is 0.680. The summed E-state index contributed by atoms with van der Waals surface area (Å²) in [4.78, 5) is 12.3. The molecule has 0 aliphatic rings. The molecule has 0 bridgehead atoms. The molecule has 0 aliphatic carbocycles. The van der Waals surface area contributed by atoms with Crippen LogP contribution in [-0.4, -0.2) is 26.3 Å². The summed E-state index contributed by atoms with van der Waals surface area (Å²) in [6, 6.07) is 8.94. The highest BCUT2D eigenvalue weighted by Gasteiger charge is 2.05. The van der Waals surface area contributed by atoms with E-state index in [9.17, 15) is 4.79 Å². The highest BCUT2D eigenvalue weighted by molar-refractivity contribution is 7.12. The first-order valence-electron chi connectivity index (χ1n) is 5.83. The van der Waals surface area contributed by atoms with Crippen molar-refractivity contribution in [1.29, 1.82) is 0 Å². The van der Waals surface area contributed by atoms with Crippen LogP contribution in [0, 0.1) is 0 Å². The minimum Gasteiger partial charge on any atom is -0.493 e. The van der Waals surface area contributed by atoms with E-state index < -0.39 is 0 Å². The Morgan fingerprint density at radius 3 is 2.70 bits per heavy atom. The minimum absolute atomic E-state index is 0.225. The smallest absolute Gasteiger partial charge is 0.281 e. The number of hydrazone groups is 1. The molecule has 20 heavy (non-hydrogen) atoms. The average Bonchev–Trinajstić information content (AvgIpc) is 3.01. The van der Waals surface area contributed by atoms with Crippen LogP contribution >= 0.6 is 11.3 Å². The van der Waals surface area contributed by atoms with E-state index in [-0.39, 0.29) is 5.91 Å². The lowest BCUT2D eigenvalue weighted by Crippen LogP contribution is -2.16. The number of methoxy groups -OCH3 is 2. The number of nitrogens with one attached hydrogen (secondary N) is 1. The summed E-state index contributed by atoms with van der Waals surface area (Å²) in [5.74, 6) is 1.03. The van der Waals surface area contributed by atoms with Crippen LogP contribution in [-0.2, 0) is 0 Å². The van der Waals surface area contributed by atoms with E-state index in [1.165, 1.54) is 11.3 Å². The molecule has 0 fully saturated rings. The van der Waals surface area contributed by atoms with Gasteiger partial charge >= 0.3 is 0 Å². The maximum Gasteiger partial charge on any atom is 0.281 e. The molecule has 0 saturated heterocycles. The van der Waals surface area contributed by atoms with E-state index >= 15 is 0 Å². The van der Waals surface area contributed by atoms with Crippen LogP contribution < -0.4 is 14.9 Å². The first kappa shape index (κ1) is 14.1. The maximum absolute atomic E-state index is 11.7. The van der Waals surface area contributed by atoms with Crippen LogP contribution in [0.1, 0.15) is 15.2 Å². The average molecular weight is 290 g/mol. The number of carbonyl (C=O) groups is 1. The first-order valence-corrected chi connectivity index (χ1v) is 6.71. The molecule has 0 aliphatic heterocycles. The van der Waals surface area contributed by atoms with Gasteiger partial charge in [0, 0.05) is 0 Å². The van der Waals surface area contributed by atoms with Gasteiger partial charge in [0.15, 0.2) is 11.5 Å². The lowest BCUT2D eigenvalue weighted by atomic mass is 10.2. The van der Waals surface area contributed by atoms with Crippen molar-refractivity contribution >= 4 is 23.5 Å². The number of benzene rings is 1. The number of rotatable bonds is 5. The van der Waals surface area contributed by atoms with Gasteiger partial charge in [0.1, 0.15) is 0 Å². The predicted octanol–water partition coefficient (Wildman–Crippen LogP) is 2.53. The topological polar surface area (TPSA) is 59.9 Å². The second-order valence-electron chi connectivity index (χ2n) is 3.79. The van der Waals surface area contributed by atoms with Gasteiger partial charge in [-0.3, -0.25) is 4.79 Å². The molecule has 0 spiro atoms. The van der Waals surface area contributed by atoms with E-state index in [1.54, 1.807) is 38.6 Å². The largest absolute Gasteiger partial charge is 0.493 e. The molecule has 1 amide bonds. The highest BCUT2D eigenvalue weighted by Crippen LogP contribution is 2.26. The summed E-state index contributed by atoms with van der Waals surface area (Å²) >= 11 is 1.37. The molecule has 1 N–H and O–H groups in total. The number of amides is 1. The lowest BCUT2D eigenvalue weighted by Gasteiger charge is -2.07. The van der Waals surface area contributed by atoms with Crippen molar-refractivity contribution in [1.82, 2.24) is 5.43 Å². The van der Waals surface area contributed by atoms with Crippen LogP contribution in [0.25, 0.3) is 0 Å². The second kappa shape index (κ2) is 6.72. The van der Waals surface area contributed by atoms with E-state index in [2.05, 4.69) is 10.5 Å². The maximum atomic E-state index is 11.7. The fourth-order valence-electron chi connectivity index (χ4n) is 1.56. The van der Waals surface area contributed by atoms with Crippen LogP contribution in [0.3, 0.4) is 0 Å². The molecule has 2 rings (SSSR count). The van der Waals surface area contributed by atoms with E-state index in [0.717, 1.165) is 5.56 Å². The Morgan fingerprint density at radius 1 is 1.25 bits per heavy atom. The number of hydrogen-bond donors (Lipinski definition) is 1. The van der Waals surface area contributed by atoms with Gasteiger partial charge in [-0.15, -0.1) is 11.3 Å². The molecule has 1 heterocycles. The Balaban J connectivity index is 2.03. The Bertz CT molecular complexity index is 609. The molecule has 5 nitrogen and oxygen atoms in total. The van der Waals surface area contributed by atoms with Crippen molar-refractivity contribution in [2.24, 2.45) is 5.10 Å². The second-order valence-corrected chi connectivity index (χ2v) is 4.74. The Kier molecular flexibility index (Phi) is 4.73. The van der Waals surface area contributed by atoms with Crippen molar-refractivity contribution in [3.8, 4) is 11.5 Å². The Morgan fingerprint density at radius 2 is 2.05 bits per heavy atom. The minimum atomic E-state index is -0.225. The monoisotopic (exact) mass is 290 g/mol. The van der Waals surface area contributed by atoms with Gasteiger partial charge in [0.25, 0.3) is 5.91 Å². The zero-order chi connectivity index (χ0) is 14.4. The fourth-order valence-corrected chi connectivity index (χ4v) is 2.17. The van der Waals surface area contributed by atoms with Crippen LogP contribution in [0.5, 0.6) is 11.5 Å². The molecular formula is C14H14N2O3S. The molecule has 0 saturated carbocycles. The van der Waals surface area contributed by atoms with Gasteiger partial charge in [0.05, 0.1) is 25.3 Å². The van der Waals surface area contributed by atoms with Crippen molar-refractivity contribution in [3.63, 3.8) is 0 Å². The normalized spacial score (nSPS) is 10.5. The van der Waals surface area contributed by atoms with Gasteiger partial charge < -0.3 is 9.47 Å². The van der Waals surface area contributed by atoms with Gasteiger partial charge in [-0.2, -0.15) is 5.10 Å². The Labute approximate surface area is 120 Å². The lowest BCUT2D eigenvalue weighted by molar-refractivity contribution is 0.0959. The summed E-state index contributed by atoms with van der Waals surface area (Å²) in [5, 5.41) is 5.75. The third kappa shape index (κ3) is 3.36. The van der Waals surface area contributed by atoms with Crippen LogP contribution in [0.15, 0.2) is 40.8 Å². The third-order valence-electron chi connectivity index (χ3n) is 2.53. The summed E-state index contributed by atoms with van der Waals surface area (Å²) in [5.41, 5.74) is 3.27. The van der Waals surface area contributed by atoms with Crippen molar-refractivity contribution in [3.05, 3.63) is 46.2 Å². The molecule has 1 aromatic carbocycles. The zero-order valence-electron chi connectivity index (χ0n) is 11.1. The van der Waals surface area contributed by atoms with Gasteiger partial charge in [0.2, 0.25) is 0 Å². The van der Waals surface area contributed by atoms with E-state index in [0.29, 0.717) is 16.4 Å². The molecule has 0 unspecified atom stereocenters. The van der Waals surface area contributed by atoms with Gasteiger partial charge in [-0.05, 0) is 35.2 Å². The van der Waals surface area contributed by atoms with E-state index in [1.807, 2.05) is 17.5 Å². The third-order valence-corrected chi connectivity index (χ3v) is 3.40. The zero-order valence-corrected chi connectivity index (χ0v) is 11.9. The van der Waals surface area contributed by atoms with Crippen molar-refractivity contribution in [2.75, 3.05) is 14.2 Å². The number of carbonyl (C=O) groups excluding carboxylic acids is 1. The van der Waals surface area contributed by atoms with Gasteiger partial charge in [-0.1, -0.05) is 6.07 Å². The van der Waals surface area contributed by atoms with Crippen LogP contribution in [0.4, 0.5) is 0 Å².